The molecule has 3 heteroatoms. The Hall–Kier alpha value is -0.440. The Morgan fingerprint density at radius 2 is 2.23 bits per heavy atom. The SMILES string of the molecule is CCOC1=NC2=C(CCCC2)CS1. The van der Waals surface area contributed by atoms with Crippen molar-refractivity contribution in [3.05, 3.63) is 11.3 Å². The number of ether oxygens (including phenoxy) is 1. The molecule has 0 spiro atoms. The van der Waals surface area contributed by atoms with Crippen molar-refractivity contribution in [3.8, 4) is 0 Å². The summed E-state index contributed by atoms with van der Waals surface area (Å²) in [6.45, 7) is 2.74. The van der Waals surface area contributed by atoms with Crippen molar-refractivity contribution < 1.29 is 4.74 Å². The van der Waals surface area contributed by atoms with Gasteiger partial charge in [-0.1, -0.05) is 11.8 Å². The molecule has 0 bridgehead atoms. The van der Waals surface area contributed by atoms with Gasteiger partial charge in [-0.2, -0.15) is 0 Å². The van der Waals surface area contributed by atoms with Crippen molar-refractivity contribution in [2.75, 3.05) is 12.4 Å². The average Bonchev–Trinajstić information content (AvgIpc) is 2.18. The van der Waals surface area contributed by atoms with Crippen LogP contribution in [0.3, 0.4) is 0 Å². The number of hydrogen-bond donors (Lipinski definition) is 0. The molecule has 2 nitrogen and oxygen atoms in total. The second-order valence-corrected chi connectivity index (χ2v) is 4.28. The Labute approximate surface area is 83.5 Å². The number of aliphatic imine (C=N–C) groups is 1. The van der Waals surface area contributed by atoms with E-state index in [0.29, 0.717) is 0 Å². The zero-order valence-electron chi connectivity index (χ0n) is 8.01. The molecule has 2 aliphatic rings. The highest BCUT2D eigenvalue weighted by atomic mass is 32.2. The minimum atomic E-state index is 0.731. The Bertz CT molecular complexity index is 258. The summed E-state index contributed by atoms with van der Waals surface area (Å²) in [6, 6.07) is 0. The predicted octanol–water partition coefficient (Wildman–Crippen LogP) is 2.95. The lowest BCUT2D eigenvalue weighted by atomic mass is 9.98. The lowest BCUT2D eigenvalue weighted by molar-refractivity contribution is 0.337. The molecular formula is C10H15NOS. The molecule has 0 aromatic rings. The summed E-state index contributed by atoms with van der Waals surface area (Å²) in [5.74, 6) is 1.11. The van der Waals surface area contributed by atoms with E-state index in [9.17, 15) is 0 Å². The fourth-order valence-electron chi connectivity index (χ4n) is 1.73. The molecule has 0 atom stereocenters. The van der Waals surface area contributed by atoms with Crippen molar-refractivity contribution in [1.82, 2.24) is 0 Å². The standard InChI is InChI=1S/C10H15NOS/c1-2-12-10-11-9-6-4-3-5-8(9)7-13-10/h2-7H2,1H3. The van der Waals surface area contributed by atoms with Gasteiger partial charge >= 0.3 is 0 Å². The molecule has 0 saturated heterocycles. The Morgan fingerprint density at radius 1 is 1.38 bits per heavy atom. The lowest BCUT2D eigenvalue weighted by Gasteiger charge is -2.22. The Morgan fingerprint density at radius 3 is 3.08 bits per heavy atom. The molecule has 1 heterocycles. The van der Waals surface area contributed by atoms with E-state index in [1.54, 1.807) is 17.3 Å². The van der Waals surface area contributed by atoms with E-state index in [-0.39, 0.29) is 0 Å². The van der Waals surface area contributed by atoms with Gasteiger partial charge in [0, 0.05) is 11.4 Å². The minimum absolute atomic E-state index is 0.731. The maximum Gasteiger partial charge on any atom is 0.250 e. The maximum atomic E-state index is 5.41. The molecule has 72 valence electrons. The molecule has 2 rings (SSSR count). The van der Waals surface area contributed by atoms with Gasteiger partial charge in [-0.05, 0) is 38.2 Å². The molecule has 1 aliphatic heterocycles. The van der Waals surface area contributed by atoms with Crippen LogP contribution in [-0.4, -0.2) is 17.6 Å². The van der Waals surface area contributed by atoms with Gasteiger partial charge < -0.3 is 4.74 Å². The van der Waals surface area contributed by atoms with Crippen LogP contribution in [0.2, 0.25) is 0 Å². The largest absolute Gasteiger partial charge is 0.473 e. The second kappa shape index (κ2) is 4.18. The molecule has 0 saturated carbocycles. The van der Waals surface area contributed by atoms with Crippen molar-refractivity contribution >= 4 is 17.0 Å². The van der Waals surface area contributed by atoms with Crippen molar-refractivity contribution in [2.24, 2.45) is 4.99 Å². The molecule has 0 unspecified atom stereocenters. The summed E-state index contributed by atoms with van der Waals surface area (Å²) in [5, 5.41) is 0.878. The minimum Gasteiger partial charge on any atom is -0.473 e. The number of thioether (sulfide) groups is 1. The van der Waals surface area contributed by atoms with Crippen molar-refractivity contribution in [1.29, 1.82) is 0 Å². The van der Waals surface area contributed by atoms with Crippen LogP contribution >= 0.6 is 11.8 Å². The number of nitrogens with zero attached hydrogens (tertiary/aromatic N) is 1. The monoisotopic (exact) mass is 197 g/mol. The molecule has 0 aromatic carbocycles. The summed E-state index contributed by atoms with van der Waals surface area (Å²) in [4.78, 5) is 4.53. The predicted molar refractivity (Wildman–Crippen MR) is 57.0 cm³/mol. The van der Waals surface area contributed by atoms with Gasteiger partial charge in [-0.3, -0.25) is 0 Å². The fraction of sp³-hybridized carbons (Fsp3) is 0.700. The molecule has 0 radical (unpaired) electrons. The third-order valence-corrected chi connectivity index (χ3v) is 3.36. The van der Waals surface area contributed by atoms with Crippen LogP contribution in [0.25, 0.3) is 0 Å². The molecule has 0 amide bonds. The molecule has 0 N–H and O–H groups in total. The first-order valence-electron chi connectivity index (χ1n) is 4.95. The van der Waals surface area contributed by atoms with E-state index in [2.05, 4.69) is 4.99 Å². The highest BCUT2D eigenvalue weighted by Crippen LogP contribution is 2.32. The first-order valence-corrected chi connectivity index (χ1v) is 5.94. The van der Waals surface area contributed by atoms with Crippen LogP contribution in [0.4, 0.5) is 0 Å². The van der Waals surface area contributed by atoms with Gasteiger partial charge in [0.15, 0.2) is 0 Å². The highest BCUT2D eigenvalue weighted by Gasteiger charge is 2.18. The van der Waals surface area contributed by atoms with Crippen LogP contribution in [0.5, 0.6) is 0 Å². The molecular weight excluding hydrogens is 182 g/mol. The molecule has 13 heavy (non-hydrogen) atoms. The number of allylic oxidation sites excluding steroid dienone is 1. The normalized spacial score (nSPS) is 22.4. The topological polar surface area (TPSA) is 21.6 Å². The van der Waals surface area contributed by atoms with Crippen LogP contribution in [0.15, 0.2) is 16.3 Å². The summed E-state index contributed by atoms with van der Waals surface area (Å²) in [7, 11) is 0. The van der Waals surface area contributed by atoms with Gasteiger partial charge in [0.25, 0.3) is 5.23 Å². The quantitative estimate of drug-likeness (QED) is 0.644. The van der Waals surface area contributed by atoms with E-state index >= 15 is 0 Å². The van der Waals surface area contributed by atoms with E-state index < -0.39 is 0 Å². The third-order valence-electron chi connectivity index (χ3n) is 2.41. The average molecular weight is 197 g/mol. The summed E-state index contributed by atoms with van der Waals surface area (Å²) in [6.07, 6.45) is 5.06. The van der Waals surface area contributed by atoms with Gasteiger partial charge in [-0.25, -0.2) is 4.99 Å². The smallest absolute Gasteiger partial charge is 0.250 e. The lowest BCUT2D eigenvalue weighted by Crippen LogP contribution is -2.11. The fourth-order valence-corrected chi connectivity index (χ4v) is 2.72. The second-order valence-electron chi connectivity index (χ2n) is 3.36. The van der Waals surface area contributed by atoms with Crippen LogP contribution in [0.1, 0.15) is 32.6 Å². The summed E-state index contributed by atoms with van der Waals surface area (Å²) < 4.78 is 5.41. The van der Waals surface area contributed by atoms with E-state index in [1.807, 2.05) is 6.92 Å². The first kappa shape index (κ1) is 9.13. The van der Waals surface area contributed by atoms with E-state index in [4.69, 9.17) is 4.74 Å². The Kier molecular flexibility index (Phi) is 2.94. The maximum absolute atomic E-state index is 5.41. The number of rotatable bonds is 1. The molecule has 1 aliphatic carbocycles. The molecule has 0 aromatic heterocycles. The highest BCUT2D eigenvalue weighted by molar-refractivity contribution is 8.13. The number of hydrogen-bond acceptors (Lipinski definition) is 3. The first-order chi connectivity index (χ1) is 6.40. The third kappa shape index (κ3) is 2.08. The Balaban J connectivity index is 2.11. The summed E-state index contributed by atoms with van der Waals surface area (Å²) in [5.41, 5.74) is 2.87. The summed E-state index contributed by atoms with van der Waals surface area (Å²) >= 11 is 1.74. The van der Waals surface area contributed by atoms with Gasteiger partial charge in [0.05, 0.1) is 6.61 Å². The van der Waals surface area contributed by atoms with E-state index in [1.165, 1.54) is 25.0 Å². The van der Waals surface area contributed by atoms with Gasteiger partial charge in [0.2, 0.25) is 0 Å². The van der Waals surface area contributed by atoms with E-state index in [0.717, 1.165) is 24.0 Å². The van der Waals surface area contributed by atoms with Gasteiger partial charge in [0.1, 0.15) is 0 Å². The van der Waals surface area contributed by atoms with Crippen molar-refractivity contribution in [3.63, 3.8) is 0 Å². The van der Waals surface area contributed by atoms with Crippen molar-refractivity contribution in [2.45, 2.75) is 32.6 Å². The van der Waals surface area contributed by atoms with Crippen LogP contribution in [-0.2, 0) is 4.74 Å². The zero-order chi connectivity index (χ0) is 9.10. The zero-order valence-corrected chi connectivity index (χ0v) is 8.82. The van der Waals surface area contributed by atoms with Gasteiger partial charge in [-0.15, -0.1) is 0 Å². The molecule has 0 fully saturated rings. The van der Waals surface area contributed by atoms with Crippen LogP contribution in [0, 0.1) is 0 Å². The van der Waals surface area contributed by atoms with Crippen LogP contribution < -0.4 is 0 Å².